The highest BCUT2D eigenvalue weighted by Gasteiger charge is 2.10. The minimum Gasteiger partial charge on any atom is -0.384 e. The van der Waals surface area contributed by atoms with Gasteiger partial charge in [-0.15, -0.1) is 0 Å². The van der Waals surface area contributed by atoms with Crippen LogP contribution in [0.4, 0.5) is 0 Å². The van der Waals surface area contributed by atoms with Crippen LogP contribution in [0.15, 0.2) is 24.3 Å². The Labute approximate surface area is 115 Å². The van der Waals surface area contributed by atoms with Crippen LogP contribution in [0.5, 0.6) is 0 Å². The molecule has 0 spiro atoms. The van der Waals surface area contributed by atoms with Gasteiger partial charge in [0.25, 0.3) is 5.91 Å². The quantitative estimate of drug-likeness (QED) is 0.813. The summed E-state index contributed by atoms with van der Waals surface area (Å²) in [5.74, 6) is 6.27. The minimum absolute atomic E-state index is 0.0832. The maximum atomic E-state index is 12.0. The van der Waals surface area contributed by atoms with E-state index in [2.05, 4.69) is 37.9 Å². The predicted octanol–water partition coefficient (Wildman–Crippen LogP) is 2.05. The third-order valence-electron chi connectivity index (χ3n) is 3.16. The lowest BCUT2D eigenvalue weighted by Crippen LogP contribution is -2.30. The molecule has 0 aliphatic heterocycles. The molecule has 1 aromatic rings. The first-order valence-electron chi connectivity index (χ1n) is 6.52. The Morgan fingerprint density at radius 1 is 1.37 bits per heavy atom. The molecule has 0 bridgehead atoms. The van der Waals surface area contributed by atoms with Gasteiger partial charge in [-0.2, -0.15) is 0 Å². The van der Waals surface area contributed by atoms with Crippen LogP contribution in [0.1, 0.15) is 36.7 Å². The molecule has 1 atom stereocenters. The molecule has 1 rings (SSSR count). The van der Waals surface area contributed by atoms with Crippen molar-refractivity contribution in [2.24, 2.45) is 11.8 Å². The van der Waals surface area contributed by atoms with Gasteiger partial charge in [-0.25, -0.2) is 0 Å². The number of hydrogen-bond donors (Lipinski definition) is 2. The van der Waals surface area contributed by atoms with Crippen molar-refractivity contribution in [1.29, 1.82) is 0 Å². The number of carbonyl (C=O) groups excluding carboxylic acids is 1. The number of rotatable bonds is 4. The zero-order valence-electron chi connectivity index (χ0n) is 11.7. The SMILES string of the molecule is CC(C)C(C)CNC(=O)c1cccc(C#CCO)c1. The van der Waals surface area contributed by atoms with Crippen molar-refractivity contribution in [3.8, 4) is 11.8 Å². The van der Waals surface area contributed by atoms with Crippen molar-refractivity contribution in [3.63, 3.8) is 0 Å². The molecule has 3 nitrogen and oxygen atoms in total. The highest BCUT2D eigenvalue weighted by Crippen LogP contribution is 2.09. The predicted molar refractivity (Wildman–Crippen MR) is 76.7 cm³/mol. The van der Waals surface area contributed by atoms with Gasteiger partial charge in [0.2, 0.25) is 0 Å². The molecule has 0 radical (unpaired) electrons. The van der Waals surface area contributed by atoms with Crippen molar-refractivity contribution in [1.82, 2.24) is 5.32 Å². The van der Waals surface area contributed by atoms with Gasteiger partial charge in [0, 0.05) is 17.7 Å². The standard InChI is InChI=1S/C16H21NO2/c1-12(2)13(3)11-17-16(19)15-8-4-6-14(10-15)7-5-9-18/h4,6,8,10,12-13,18H,9,11H2,1-3H3,(H,17,19). The summed E-state index contributed by atoms with van der Waals surface area (Å²) in [6, 6.07) is 7.11. The Morgan fingerprint density at radius 2 is 2.11 bits per heavy atom. The van der Waals surface area contributed by atoms with Crippen molar-refractivity contribution in [2.45, 2.75) is 20.8 Å². The fraction of sp³-hybridized carbons (Fsp3) is 0.438. The van der Waals surface area contributed by atoms with E-state index >= 15 is 0 Å². The molecular formula is C16H21NO2. The van der Waals surface area contributed by atoms with Crippen molar-refractivity contribution >= 4 is 5.91 Å². The Balaban J connectivity index is 2.67. The molecule has 2 N–H and O–H groups in total. The van der Waals surface area contributed by atoms with Crippen LogP contribution >= 0.6 is 0 Å². The van der Waals surface area contributed by atoms with E-state index in [0.717, 1.165) is 5.56 Å². The number of aliphatic hydroxyl groups excluding tert-OH is 1. The summed E-state index contributed by atoms with van der Waals surface area (Å²) >= 11 is 0. The Bertz CT molecular complexity index is 483. The molecule has 0 aliphatic carbocycles. The number of aliphatic hydroxyl groups is 1. The number of benzene rings is 1. The second-order valence-electron chi connectivity index (χ2n) is 4.97. The van der Waals surface area contributed by atoms with Gasteiger partial charge in [0.05, 0.1) is 0 Å². The van der Waals surface area contributed by atoms with E-state index in [9.17, 15) is 4.79 Å². The average Bonchev–Trinajstić information content (AvgIpc) is 2.42. The van der Waals surface area contributed by atoms with E-state index in [-0.39, 0.29) is 12.5 Å². The van der Waals surface area contributed by atoms with Crippen molar-refractivity contribution < 1.29 is 9.90 Å². The van der Waals surface area contributed by atoms with Crippen LogP contribution < -0.4 is 5.32 Å². The molecule has 0 aromatic heterocycles. The fourth-order valence-corrected chi connectivity index (χ4v) is 1.47. The van der Waals surface area contributed by atoms with E-state index < -0.39 is 0 Å². The molecule has 3 heteroatoms. The smallest absolute Gasteiger partial charge is 0.251 e. The van der Waals surface area contributed by atoms with Crippen LogP contribution in [-0.4, -0.2) is 24.2 Å². The van der Waals surface area contributed by atoms with Gasteiger partial charge in [0.15, 0.2) is 0 Å². The highest BCUT2D eigenvalue weighted by atomic mass is 16.2. The van der Waals surface area contributed by atoms with Gasteiger partial charge in [-0.1, -0.05) is 38.7 Å². The molecule has 1 unspecified atom stereocenters. The summed E-state index contributed by atoms with van der Waals surface area (Å²) in [5, 5.41) is 11.6. The lowest BCUT2D eigenvalue weighted by molar-refractivity contribution is 0.0945. The van der Waals surface area contributed by atoms with Gasteiger partial charge >= 0.3 is 0 Å². The normalized spacial score (nSPS) is 11.6. The minimum atomic E-state index is -0.178. The third kappa shape index (κ3) is 5.15. The summed E-state index contributed by atoms with van der Waals surface area (Å²) in [4.78, 5) is 12.0. The summed E-state index contributed by atoms with van der Waals surface area (Å²) in [6.45, 7) is 6.89. The Morgan fingerprint density at radius 3 is 2.74 bits per heavy atom. The van der Waals surface area contributed by atoms with Gasteiger partial charge < -0.3 is 10.4 Å². The molecule has 0 fully saturated rings. The molecule has 0 saturated heterocycles. The van der Waals surface area contributed by atoms with Gasteiger partial charge in [-0.3, -0.25) is 4.79 Å². The van der Waals surface area contributed by atoms with Crippen LogP contribution in [0.2, 0.25) is 0 Å². The maximum Gasteiger partial charge on any atom is 0.251 e. The summed E-state index contributed by atoms with van der Waals surface area (Å²) in [6.07, 6.45) is 0. The van der Waals surface area contributed by atoms with E-state index in [1.165, 1.54) is 0 Å². The highest BCUT2D eigenvalue weighted by molar-refractivity contribution is 5.94. The first-order chi connectivity index (χ1) is 9.04. The van der Waals surface area contributed by atoms with E-state index in [4.69, 9.17) is 5.11 Å². The molecule has 102 valence electrons. The van der Waals surface area contributed by atoms with E-state index in [1.807, 2.05) is 6.07 Å². The summed E-state index contributed by atoms with van der Waals surface area (Å²) in [5.41, 5.74) is 1.33. The lowest BCUT2D eigenvalue weighted by atomic mass is 9.98. The van der Waals surface area contributed by atoms with Gasteiger partial charge in [-0.05, 0) is 30.0 Å². The second kappa shape index (κ2) is 7.60. The Hall–Kier alpha value is -1.79. The zero-order valence-corrected chi connectivity index (χ0v) is 11.7. The van der Waals surface area contributed by atoms with Gasteiger partial charge in [0.1, 0.15) is 6.61 Å². The van der Waals surface area contributed by atoms with Crippen molar-refractivity contribution in [3.05, 3.63) is 35.4 Å². The number of hydrogen-bond acceptors (Lipinski definition) is 2. The summed E-state index contributed by atoms with van der Waals surface area (Å²) < 4.78 is 0. The molecule has 0 saturated carbocycles. The first-order valence-corrected chi connectivity index (χ1v) is 6.52. The zero-order chi connectivity index (χ0) is 14.3. The van der Waals surface area contributed by atoms with E-state index in [1.54, 1.807) is 18.2 Å². The largest absolute Gasteiger partial charge is 0.384 e. The number of amides is 1. The second-order valence-corrected chi connectivity index (χ2v) is 4.97. The molecular weight excluding hydrogens is 238 g/mol. The fourth-order valence-electron chi connectivity index (χ4n) is 1.47. The monoisotopic (exact) mass is 259 g/mol. The summed E-state index contributed by atoms with van der Waals surface area (Å²) in [7, 11) is 0. The molecule has 1 amide bonds. The van der Waals surface area contributed by atoms with Crippen LogP contribution in [0, 0.1) is 23.7 Å². The topological polar surface area (TPSA) is 49.3 Å². The molecule has 19 heavy (non-hydrogen) atoms. The molecule has 1 aromatic carbocycles. The first kappa shape index (κ1) is 15.3. The third-order valence-corrected chi connectivity index (χ3v) is 3.16. The average molecular weight is 259 g/mol. The maximum absolute atomic E-state index is 12.0. The number of nitrogens with one attached hydrogen (secondary N) is 1. The molecule has 0 aliphatic rings. The lowest BCUT2D eigenvalue weighted by Gasteiger charge is -2.16. The Kier molecular flexibility index (Phi) is 6.11. The molecule has 0 heterocycles. The van der Waals surface area contributed by atoms with Crippen molar-refractivity contribution in [2.75, 3.05) is 13.2 Å². The number of carbonyl (C=O) groups is 1. The van der Waals surface area contributed by atoms with E-state index in [0.29, 0.717) is 23.9 Å². The van der Waals surface area contributed by atoms with Crippen LogP contribution in [0.3, 0.4) is 0 Å². The van der Waals surface area contributed by atoms with Crippen LogP contribution in [-0.2, 0) is 0 Å². The van der Waals surface area contributed by atoms with Crippen LogP contribution in [0.25, 0.3) is 0 Å².